The van der Waals surface area contributed by atoms with Crippen LogP contribution in [0.5, 0.6) is 11.5 Å². The summed E-state index contributed by atoms with van der Waals surface area (Å²) in [5.74, 6) is 1.64. The van der Waals surface area contributed by atoms with Gasteiger partial charge >= 0.3 is 0 Å². The van der Waals surface area contributed by atoms with Crippen LogP contribution in [0.25, 0.3) is 0 Å². The van der Waals surface area contributed by atoms with Crippen LogP contribution < -0.4 is 14.8 Å². The molecule has 0 aliphatic heterocycles. The normalized spacial score (nSPS) is 12.2. The first kappa shape index (κ1) is 17.8. The lowest BCUT2D eigenvalue weighted by Gasteiger charge is -2.20. The van der Waals surface area contributed by atoms with E-state index in [0.717, 1.165) is 37.5 Å². The Morgan fingerprint density at radius 2 is 1.76 bits per heavy atom. The molecule has 0 aliphatic carbocycles. The zero-order chi connectivity index (χ0) is 15.5. The first-order valence-electron chi connectivity index (χ1n) is 7.88. The Morgan fingerprint density at radius 3 is 2.38 bits per heavy atom. The molecule has 1 atom stereocenters. The summed E-state index contributed by atoms with van der Waals surface area (Å²) in [6.45, 7) is 9.11. The Balaban J connectivity index is 2.88. The SMILES string of the molecule is CCNC(CCCOC)c1ccc(OCC)c(OCC)c1. The molecule has 4 heteroatoms. The van der Waals surface area contributed by atoms with Gasteiger partial charge in [-0.3, -0.25) is 0 Å². The summed E-state index contributed by atoms with van der Waals surface area (Å²) in [5, 5.41) is 3.53. The summed E-state index contributed by atoms with van der Waals surface area (Å²) in [6.07, 6.45) is 2.08. The van der Waals surface area contributed by atoms with Gasteiger partial charge in [-0.15, -0.1) is 0 Å². The van der Waals surface area contributed by atoms with E-state index in [1.807, 2.05) is 19.9 Å². The van der Waals surface area contributed by atoms with Crippen molar-refractivity contribution in [1.29, 1.82) is 0 Å². The molecule has 1 aromatic rings. The van der Waals surface area contributed by atoms with E-state index in [1.54, 1.807) is 7.11 Å². The van der Waals surface area contributed by atoms with Crippen molar-refractivity contribution in [3.63, 3.8) is 0 Å². The predicted octanol–water partition coefficient (Wildman–Crippen LogP) is 3.56. The molecule has 0 radical (unpaired) electrons. The van der Waals surface area contributed by atoms with Crippen molar-refractivity contribution in [2.45, 2.75) is 39.7 Å². The second kappa shape index (κ2) is 10.5. The molecule has 0 bridgehead atoms. The van der Waals surface area contributed by atoms with E-state index in [-0.39, 0.29) is 0 Å². The molecule has 0 saturated heterocycles. The number of ether oxygens (including phenoxy) is 3. The van der Waals surface area contributed by atoms with Crippen molar-refractivity contribution in [3.05, 3.63) is 23.8 Å². The predicted molar refractivity (Wildman–Crippen MR) is 86.3 cm³/mol. The Bertz CT molecular complexity index is 396. The fraction of sp³-hybridized carbons (Fsp3) is 0.647. The zero-order valence-electron chi connectivity index (χ0n) is 13.8. The zero-order valence-corrected chi connectivity index (χ0v) is 13.8. The molecule has 0 amide bonds. The summed E-state index contributed by atoms with van der Waals surface area (Å²) < 4.78 is 16.5. The highest BCUT2D eigenvalue weighted by Gasteiger charge is 2.13. The van der Waals surface area contributed by atoms with Gasteiger partial charge in [-0.05, 0) is 50.9 Å². The van der Waals surface area contributed by atoms with E-state index in [1.165, 1.54) is 5.56 Å². The molecule has 1 rings (SSSR count). The fourth-order valence-electron chi connectivity index (χ4n) is 2.35. The third-order valence-corrected chi connectivity index (χ3v) is 3.26. The van der Waals surface area contributed by atoms with Crippen molar-refractivity contribution in [1.82, 2.24) is 5.32 Å². The fourth-order valence-corrected chi connectivity index (χ4v) is 2.35. The first-order chi connectivity index (χ1) is 10.3. The number of methoxy groups -OCH3 is 1. The maximum absolute atomic E-state index is 5.71. The Labute approximate surface area is 128 Å². The molecule has 1 aromatic carbocycles. The number of hydrogen-bond acceptors (Lipinski definition) is 4. The lowest BCUT2D eigenvalue weighted by Crippen LogP contribution is -2.21. The molecule has 0 spiro atoms. The quantitative estimate of drug-likeness (QED) is 0.634. The van der Waals surface area contributed by atoms with Gasteiger partial charge in [-0.2, -0.15) is 0 Å². The van der Waals surface area contributed by atoms with Crippen LogP contribution in [0.1, 0.15) is 45.2 Å². The van der Waals surface area contributed by atoms with Crippen molar-refractivity contribution in [2.24, 2.45) is 0 Å². The molecule has 21 heavy (non-hydrogen) atoms. The van der Waals surface area contributed by atoms with E-state index in [9.17, 15) is 0 Å². The summed E-state index contributed by atoms with van der Waals surface area (Å²) in [6, 6.07) is 6.53. The second-order valence-electron chi connectivity index (χ2n) is 4.82. The van der Waals surface area contributed by atoms with Crippen molar-refractivity contribution in [3.8, 4) is 11.5 Å². The average molecular weight is 295 g/mol. The van der Waals surface area contributed by atoms with Crippen LogP contribution in [0, 0.1) is 0 Å². The van der Waals surface area contributed by atoms with Crippen molar-refractivity contribution >= 4 is 0 Å². The van der Waals surface area contributed by atoms with Crippen LogP contribution in [-0.2, 0) is 4.74 Å². The molecule has 0 aromatic heterocycles. The summed E-state index contributed by atoms with van der Waals surface area (Å²) in [5.41, 5.74) is 1.24. The standard InChI is InChI=1S/C17H29NO3/c1-5-18-15(9-8-12-19-4)14-10-11-16(20-6-2)17(13-14)21-7-3/h10-11,13,15,18H,5-9,12H2,1-4H3. The van der Waals surface area contributed by atoms with Gasteiger partial charge in [0.05, 0.1) is 13.2 Å². The van der Waals surface area contributed by atoms with Gasteiger partial charge in [0.15, 0.2) is 11.5 Å². The third kappa shape index (κ3) is 5.94. The number of benzene rings is 1. The molecule has 0 aliphatic rings. The van der Waals surface area contributed by atoms with E-state index in [4.69, 9.17) is 14.2 Å². The minimum atomic E-state index is 0.319. The van der Waals surface area contributed by atoms with Gasteiger partial charge in [-0.25, -0.2) is 0 Å². The highest BCUT2D eigenvalue weighted by atomic mass is 16.5. The van der Waals surface area contributed by atoms with E-state index >= 15 is 0 Å². The molecule has 0 heterocycles. The molecule has 0 fully saturated rings. The molecular weight excluding hydrogens is 266 g/mol. The molecule has 1 unspecified atom stereocenters. The van der Waals surface area contributed by atoms with E-state index in [2.05, 4.69) is 24.4 Å². The molecule has 1 N–H and O–H groups in total. The molecule has 4 nitrogen and oxygen atoms in total. The first-order valence-corrected chi connectivity index (χ1v) is 7.88. The van der Waals surface area contributed by atoms with Gasteiger partial charge in [-0.1, -0.05) is 13.0 Å². The Morgan fingerprint density at radius 1 is 1.05 bits per heavy atom. The lowest BCUT2D eigenvalue weighted by molar-refractivity contribution is 0.189. The Hall–Kier alpha value is -1.26. The number of nitrogens with one attached hydrogen (secondary N) is 1. The highest BCUT2D eigenvalue weighted by molar-refractivity contribution is 5.44. The lowest BCUT2D eigenvalue weighted by atomic mass is 10.0. The van der Waals surface area contributed by atoms with Crippen LogP contribution in [-0.4, -0.2) is 33.5 Å². The second-order valence-corrected chi connectivity index (χ2v) is 4.82. The van der Waals surface area contributed by atoms with Crippen LogP contribution >= 0.6 is 0 Å². The Kier molecular flexibility index (Phi) is 8.87. The topological polar surface area (TPSA) is 39.7 Å². The molecule has 120 valence electrons. The maximum Gasteiger partial charge on any atom is 0.161 e. The van der Waals surface area contributed by atoms with Crippen molar-refractivity contribution in [2.75, 3.05) is 33.5 Å². The van der Waals surface area contributed by atoms with Gasteiger partial charge in [0.25, 0.3) is 0 Å². The van der Waals surface area contributed by atoms with E-state index < -0.39 is 0 Å². The summed E-state index contributed by atoms with van der Waals surface area (Å²) in [7, 11) is 1.74. The smallest absolute Gasteiger partial charge is 0.161 e. The van der Waals surface area contributed by atoms with Crippen LogP contribution in [0.15, 0.2) is 18.2 Å². The number of rotatable bonds is 11. The third-order valence-electron chi connectivity index (χ3n) is 3.26. The number of hydrogen-bond donors (Lipinski definition) is 1. The van der Waals surface area contributed by atoms with Gasteiger partial charge in [0.2, 0.25) is 0 Å². The van der Waals surface area contributed by atoms with Crippen LogP contribution in [0.3, 0.4) is 0 Å². The van der Waals surface area contributed by atoms with E-state index in [0.29, 0.717) is 19.3 Å². The van der Waals surface area contributed by atoms with Crippen molar-refractivity contribution < 1.29 is 14.2 Å². The largest absolute Gasteiger partial charge is 0.490 e. The highest BCUT2D eigenvalue weighted by Crippen LogP contribution is 2.32. The van der Waals surface area contributed by atoms with Crippen LogP contribution in [0.2, 0.25) is 0 Å². The minimum absolute atomic E-state index is 0.319. The molecular formula is C17H29NO3. The summed E-state index contributed by atoms with van der Waals surface area (Å²) >= 11 is 0. The monoisotopic (exact) mass is 295 g/mol. The van der Waals surface area contributed by atoms with Gasteiger partial charge in [0, 0.05) is 19.8 Å². The maximum atomic E-state index is 5.71. The molecule has 0 saturated carbocycles. The minimum Gasteiger partial charge on any atom is -0.490 e. The average Bonchev–Trinajstić information content (AvgIpc) is 2.49. The van der Waals surface area contributed by atoms with Gasteiger partial charge in [0.1, 0.15) is 0 Å². The van der Waals surface area contributed by atoms with Crippen LogP contribution in [0.4, 0.5) is 0 Å². The summed E-state index contributed by atoms with van der Waals surface area (Å²) in [4.78, 5) is 0. The van der Waals surface area contributed by atoms with Gasteiger partial charge < -0.3 is 19.5 Å².